The molecule has 0 saturated heterocycles. The van der Waals surface area contributed by atoms with Crippen molar-refractivity contribution in [2.24, 2.45) is 7.05 Å². The van der Waals surface area contributed by atoms with Crippen LogP contribution in [0.3, 0.4) is 0 Å². The van der Waals surface area contributed by atoms with E-state index in [2.05, 4.69) is 15.5 Å². The molecule has 1 aromatic heterocycles. The zero-order chi connectivity index (χ0) is 13.0. The topological polar surface area (TPSA) is 136 Å². The highest BCUT2D eigenvalue weighted by Gasteiger charge is 2.25. The molecule has 0 aliphatic heterocycles. The molecule has 0 saturated carbocycles. The third-order valence-electron chi connectivity index (χ3n) is 1.94. The first-order valence-corrected chi connectivity index (χ1v) is 4.43. The summed E-state index contributed by atoms with van der Waals surface area (Å²) in [4.78, 5) is 21.1. The molecule has 17 heavy (non-hydrogen) atoms. The Labute approximate surface area is 94.6 Å². The summed E-state index contributed by atoms with van der Waals surface area (Å²) >= 11 is 0. The van der Waals surface area contributed by atoms with Crippen LogP contribution in [-0.4, -0.2) is 55.4 Å². The van der Waals surface area contributed by atoms with Crippen LogP contribution in [0.2, 0.25) is 0 Å². The van der Waals surface area contributed by atoms with Gasteiger partial charge in [-0.25, -0.2) is 24.9 Å². The predicted octanol–water partition coefficient (Wildman–Crippen LogP) is -1.67. The van der Waals surface area contributed by atoms with Crippen LogP contribution in [0.4, 0.5) is 5.95 Å². The molecular weight excluding hydrogens is 236 g/mol. The minimum atomic E-state index is -0.723. The fourth-order valence-corrected chi connectivity index (χ4v) is 1.02. The summed E-state index contributed by atoms with van der Waals surface area (Å²) < 4.78 is 1.11. The van der Waals surface area contributed by atoms with Crippen molar-refractivity contribution < 1.29 is 10.1 Å². The van der Waals surface area contributed by atoms with Gasteiger partial charge in [-0.15, -0.1) is 5.01 Å². The number of nitrogens with zero attached hydrogens (tertiary/aromatic N) is 8. The Kier molecular flexibility index (Phi) is 3.69. The molecule has 0 fully saturated rings. The molecule has 12 nitrogen and oxygen atoms in total. The van der Waals surface area contributed by atoms with E-state index in [0.717, 1.165) is 9.69 Å². The maximum atomic E-state index is 10.8. The van der Waals surface area contributed by atoms with Crippen LogP contribution < -0.4 is 5.01 Å². The molecule has 0 atom stereocenters. The quantitative estimate of drug-likeness (QED) is 0.426. The number of hydrazine groups is 2. The van der Waals surface area contributed by atoms with Gasteiger partial charge in [-0.1, -0.05) is 10.1 Å². The monoisotopic (exact) mass is 246 g/mol. The third-order valence-corrected chi connectivity index (χ3v) is 1.94. The van der Waals surface area contributed by atoms with Gasteiger partial charge in [-0.2, -0.15) is 0 Å². The van der Waals surface area contributed by atoms with Crippen LogP contribution in [-0.2, 0) is 7.05 Å². The normalized spacial score (nSPS) is 10.0. The SMILES string of the molecule is CN(CCN(c1nnnn1C)[N+](=O)[O-])[N+](=O)[O-]. The van der Waals surface area contributed by atoms with Crippen molar-refractivity contribution in [3.8, 4) is 0 Å². The first-order chi connectivity index (χ1) is 7.93. The van der Waals surface area contributed by atoms with E-state index >= 15 is 0 Å². The summed E-state index contributed by atoms with van der Waals surface area (Å²) in [6, 6.07) is 0. The van der Waals surface area contributed by atoms with E-state index in [1.807, 2.05) is 0 Å². The van der Waals surface area contributed by atoms with Gasteiger partial charge in [0.2, 0.25) is 0 Å². The Morgan fingerprint density at radius 1 is 1.29 bits per heavy atom. The summed E-state index contributed by atoms with van der Waals surface area (Å²) in [5.74, 6) is -0.0910. The lowest BCUT2D eigenvalue weighted by Crippen LogP contribution is -2.40. The summed E-state index contributed by atoms with van der Waals surface area (Å²) in [6.45, 7) is -0.348. The molecule has 1 aromatic rings. The van der Waals surface area contributed by atoms with Gasteiger partial charge >= 0.3 is 5.95 Å². The fourth-order valence-electron chi connectivity index (χ4n) is 1.02. The highest BCUT2D eigenvalue weighted by Crippen LogP contribution is 2.06. The van der Waals surface area contributed by atoms with Crippen molar-refractivity contribution in [3.63, 3.8) is 0 Å². The van der Waals surface area contributed by atoms with Gasteiger partial charge in [-0.05, 0) is 10.4 Å². The van der Waals surface area contributed by atoms with Crippen molar-refractivity contribution in [1.29, 1.82) is 0 Å². The van der Waals surface area contributed by atoms with Gasteiger partial charge in [0.15, 0.2) is 10.1 Å². The van der Waals surface area contributed by atoms with Crippen LogP contribution in [0.5, 0.6) is 0 Å². The van der Waals surface area contributed by atoms with E-state index in [9.17, 15) is 20.2 Å². The number of likely N-dealkylation sites (N-methyl/N-ethyl adjacent to an activating group) is 1. The van der Waals surface area contributed by atoms with E-state index in [1.165, 1.54) is 14.1 Å². The van der Waals surface area contributed by atoms with Crippen LogP contribution in [0.1, 0.15) is 0 Å². The lowest BCUT2D eigenvalue weighted by Gasteiger charge is -2.13. The number of anilines is 1. The van der Waals surface area contributed by atoms with E-state index in [0.29, 0.717) is 5.01 Å². The predicted molar refractivity (Wildman–Crippen MR) is 52.8 cm³/mol. The summed E-state index contributed by atoms with van der Waals surface area (Å²) in [5.41, 5.74) is 0. The third kappa shape index (κ3) is 2.96. The Bertz CT molecular complexity index is 418. The molecule has 94 valence electrons. The highest BCUT2D eigenvalue weighted by atomic mass is 16.7. The molecule has 0 spiro atoms. The lowest BCUT2D eigenvalue weighted by atomic mass is 10.6. The molecule has 0 N–H and O–H groups in total. The first-order valence-electron chi connectivity index (χ1n) is 4.43. The number of aromatic nitrogens is 4. The zero-order valence-electron chi connectivity index (χ0n) is 9.12. The molecule has 0 aromatic carbocycles. The molecule has 12 heteroatoms. The molecule has 1 rings (SSSR count). The Morgan fingerprint density at radius 2 is 1.94 bits per heavy atom. The number of nitro groups is 2. The second-order valence-corrected chi connectivity index (χ2v) is 3.08. The van der Waals surface area contributed by atoms with Gasteiger partial charge in [0.1, 0.15) is 13.1 Å². The van der Waals surface area contributed by atoms with Gasteiger partial charge in [0.05, 0.1) is 7.05 Å². The lowest BCUT2D eigenvalue weighted by molar-refractivity contribution is -0.649. The zero-order valence-corrected chi connectivity index (χ0v) is 9.12. The van der Waals surface area contributed by atoms with E-state index in [1.54, 1.807) is 0 Å². The second-order valence-electron chi connectivity index (χ2n) is 3.08. The van der Waals surface area contributed by atoms with Crippen LogP contribution in [0.25, 0.3) is 0 Å². The van der Waals surface area contributed by atoms with Crippen molar-refractivity contribution in [3.05, 3.63) is 20.2 Å². The van der Waals surface area contributed by atoms with Crippen LogP contribution in [0, 0.1) is 20.2 Å². The smallest absolute Gasteiger partial charge is 0.235 e. The average molecular weight is 246 g/mol. The van der Waals surface area contributed by atoms with Crippen molar-refractivity contribution in [1.82, 2.24) is 25.2 Å². The molecule has 0 radical (unpaired) electrons. The maximum Gasteiger partial charge on any atom is 0.306 e. The molecule has 0 bridgehead atoms. The van der Waals surface area contributed by atoms with E-state index in [4.69, 9.17) is 0 Å². The van der Waals surface area contributed by atoms with Gasteiger partial charge in [0.25, 0.3) is 0 Å². The molecule has 0 unspecified atom stereocenters. The van der Waals surface area contributed by atoms with Crippen LogP contribution >= 0.6 is 0 Å². The van der Waals surface area contributed by atoms with Crippen molar-refractivity contribution in [2.45, 2.75) is 0 Å². The first kappa shape index (κ1) is 12.5. The largest absolute Gasteiger partial charge is 0.306 e. The molecule has 0 aliphatic carbocycles. The number of rotatable bonds is 6. The minimum absolute atomic E-state index is 0.0910. The summed E-state index contributed by atoms with van der Waals surface area (Å²) in [5, 5.41) is 31.3. The number of hydrogen-bond acceptors (Lipinski definition) is 7. The molecule has 0 amide bonds. The molecular formula is C5H10N8O4. The van der Waals surface area contributed by atoms with Gasteiger partial charge < -0.3 is 0 Å². The van der Waals surface area contributed by atoms with E-state index < -0.39 is 10.1 Å². The Hall–Kier alpha value is -2.53. The van der Waals surface area contributed by atoms with Crippen molar-refractivity contribution in [2.75, 3.05) is 25.1 Å². The molecule has 1 heterocycles. The van der Waals surface area contributed by atoms with E-state index in [-0.39, 0.29) is 19.0 Å². The minimum Gasteiger partial charge on any atom is -0.235 e. The highest BCUT2D eigenvalue weighted by molar-refractivity contribution is 5.21. The fraction of sp³-hybridized carbons (Fsp3) is 0.800. The maximum absolute atomic E-state index is 10.8. The average Bonchev–Trinajstić information content (AvgIpc) is 2.64. The summed E-state index contributed by atoms with van der Waals surface area (Å²) in [7, 11) is 2.65. The van der Waals surface area contributed by atoms with Crippen LogP contribution in [0.15, 0.2) is 0 Å². The van der Waals surface area contributed by atoms with Gasteiger partial charge in [-0.3, -0.25) is 0 Å². The Balaban J connectivity index is 2.72. The summed E-state index contributed by atoms with van der Waals surface area (Å²) in [6.07, 6.45) is 0. The Morgan fingerprint density at radius 3 is 2.35 bits per heavy atom. The second kappa shape index (κ2) is 5.00. The molecule has 0 aliphatic rings. The van der Waals surface area contributed by atoms with Gasteiger partial charge in [0, 0.05) is 7.05 Å². The standard InChI is InChI=1S/C5H10N8O4/c1-9(12(14)15)3-4-11(13(16)17)5-6-7-8-10(5)2/h3-4H2,1-2H3. The number of aryl methyl sites for hydroxylation is 1. The van der Waals surface area contributed by atoms with Crippen molar-refractivity contribution >= 4 is 5.95 Å². The number of tetrazole rings is 1. The number of hydrogen-bond donors (Lipinski definition) is 0.